The van der Waals surface area contributed by atoms with Crippen LogP contribution in [0.5, 0.6) is 0 Å². The van der Waals surface area contributed by atoms with Gasteiger partial charge in [0.05, 0.1) is 0 Å². The second-order valence-corrected chi connectivity index (χ2v) is 9.73. The van der Waals surface area contributed by atoms with Crippen LogP contribution in [0.4, 0.5) is 0 Å². The second-order valence-electron chi connectivity index (χ2n) is 7.48. The van der Waals surface area contributed by atoms with Crippen LogP contribution >= 0.6 is 18.9 Å². The number of carbonyl (C=O) groups excluding carboxylic acids is 1. The Hall–Kier alpha value is -0.460. The summed E-state index contributed by atoms with van der Waals surface area (Å²) in [6.45, 7) is 2.31. The van der Waals surface area contributed by atoms with E-state index in [-0.39, 0.29) is 30.8 Å². The fourth-order valence-corrected chi connectivity index (χ4v) is 3.61. The number of unbranched alkanes of at least 4 members (excludes halogenated alkanes) is 11. The molecule has 30 heavy (non-hydrogen) atoms. The van der Waals surface area contributed by atoms with Gasteiger partial charge in [0.2, 0.25) is 0 Å². The van der Waals surface area contributed by atoms with Crippen molar-refractivity contribution >= 4 is 24.9 Å². The molecule has 0 aliphatic carbocycles. The van der Waals surface area contributed by atoms with Gasteiger partial charge in [-0.3, -0.25) is 9.35 Å². The number of hydrogen-bond donors (Lipinski definition) is 1. The molecule has 0 heterocycles. The van der Waals surface area contributed by atoms with E-state index in [1.165, 1.54) is 64.9 Å². The third-order valence-corrected chi connectivity index (χ3v) is 6.05. The van der Waals surface area contributed by atoms with Crippen LogP contribution in [0.2, 0.25) is 0 Å². The Morgan fingerprint density at radius 3 is 2.07 bits per heavy atom. The number of carbonyl (C=O) groups is 1. The minimum Gasteiger partial charge on any atom is -0.463 e. The third kappa shape index (κ3) is 20.8. The van der Waals surface area contributed by atoms with E-state index in [1.807, 2.05) is 0 Å². The monoisotopic (exact) mass is 465 g/mol. The van der Waals surface area contributed by atoms with E-state index in [0.29, 0.717) is 6.42 Å². The Kier molecular flexibility index (Phi) is 22.9. The summed E-state index contributed by atoms with van der Waals surface area (Å²) < 4.78 is 34.7. The molecule has 0 bridgehead atoms. The average molecular weight is 466 g/mol. The zero-order valence-electron chi connectivity index (χ0n) is 18.9. The van der Waals surface area contributed by atoms with Crippen molar-refractivity contribution in [2.45, 2.75) is 103 Å². The maximum Gasteiger partial charge on any atom is 0.616 e. The molecule has 1 unspecified atom stereocenters. The molecular weight excluding hydrogens is 423 g/mol. The van der Waals surface area contributed by atoms with E-state index >= 15 is 0 Å². The summed E-state index contributed by atoms with van der Waals surface area (Å²) in [6, 6.07) is 0. The number of rotatable bonds is 22. The molecule has 0 radical (unpaired) electrons. The maximum absolute atomic E-state index is 11.8. The lowest BCUT2D eigenvalue weighted by Gasteiger charge is -2.12. The fourth-order valence-electron chi connectivity index (χ4n) is 2.95. The maximum atomic E-state index is 11.8. The molecule has 0 fully saturated rings. The largest absolute Gasteiger partial charge is 0.616 e. The van der Waals surface area contributed by atoms with Crippen molar-refractivity contribution in [2.75, 3.05) is 20.3 Å². The first-order valence-corrected chi connectivity index (χ1v) is 13.9. The number of hydrogen-bond acceptors (Lipinski definition) is 7. The lowest BCUT2D eigenvalue weighted by molar-refractivity contribution is -0.148. The molecule has 8 heteroatoms. The molecule has 0 aromatic rings. The van der Waals surface area contributed by atoms with Gasteiger partial charge in [-0.15, -0.1) is 4.52 Å². The SMILES string of the molecule is CCCCCCCC/C=C\CCCCCCCC(=O)OC[C@@H](CO[P+](=O)SO)OC. The van der Waals surface area contributed by atoms with Gasteiger partial charge in [-0.1, -0.05) is 70.4 Å². The Bertz CT molecular complexity index is 447. The first-order valence-electron chi connectivity index (χ1n) is 11.4. The van der Waals surface area contributed by atoms with Crippen molar-refractivity contribution in [1.82, 2.24) is 0 Å². The van der Waals surface area contributed by atoms with Crippen LogP contribution < -0.4 is 0 Å². The highest BCUT2D eigenvalue weighted by Gasteiger charge is 2.23. The molecule has 0 aliphatic rings. The molecule has 1 N–H and O–H groups in total. The highest BCUT2D eigenvalue weighted by molar-refractivity contribution is 8.47. The summed E-state index contributed by atoms with van der Waals surface area (Å²) in [4.78, 5) is 11.8. The average Bonchev–Trinajstić information content (AvgIpc) is 2.76. The molecule has 0 saturated carbocycles. The Labute approximate surface area is 188 Å². The smallest absolute Gasteiger partial charge is 0.463 e. The normalized spacial score (nSPS) is 13.0. The molecule has 2 atom stereocenters. The molecule has 0 aromatic heterocycles. The summed E-state index contributed by atoms with van der Waals surface area (Å²) in [7, 11) is -0.708. The van der Waals surface area contributed by atoms with E-state index in [4.69, 9.17) is 18.6 Å². The molecule has 6 nitrogen and oxygen atoms in total. The van der Waals surface area contributed by atoms with E-state index in [2.05, 4.69) is 19.1 Å². The topological polar surface area (TPSA) is 82.1 Å². The van der Waals surface area contributed by atoms with E-state index in [9.17, 15) is 9.36 Å². The van der Waals surface area contributed by atoms with Crippen molar-refractivity contribution in [3.05, 3.63) is 12.2 Å². The van der Waals surface area contributed by atoms with Gasteiger partial charge in [0, 0.05) is 13.5 Å². The number of ether oxygens (including phenoxy) is 2. The van der Waals surface area contributed by atoms with Crippen LogP contribution in [-0.2, 0) is 23.4 Å². The third-order valence-electron chi connectivity index (χ3n) is 4.84. The summed E-state index contributed by atoms with van der Waals surface area (Å²) in [5, 5.41) is 0. The molecule has 0 aromatic carbocycles. The first-order chi connectivity index (χ1) is 14.6. The van der Waals surface area contributed by atoms with Crippen molar-refractivity contribution in [3.8, 4) is 0 Å². The molecule has 0 aliphatic heterocycles. The molecule has 0 spiro atoms. The summed E-state index contributed by atoms with van der Waals surface area (Å²) in [5.41, 5.74) is 0. The Morgan fingerprint density at radius 2 is 1.50 bits per heavy atom. The van der Waals surface area contributed by atoms with Crippen LogP contribution in [0.25, 0.3) is 0 Å². The van der Waals surface area contributed by atoms with Gasteiger partial charge in [-0.2, -0.15) is 0 Å². The van der Waals surface area contributed by atoms with Gasteiger partial charge in [0.25, 0.3) is 0 Å². The van der Waals surface area contributed by atoms with Crippen molar-refractivity contribution in [3.63, 3.8) is 0 Å². The standard InChI is InChI=1S/C22H41O6PS/c1-3-4-5-6-7-8-9-10-11-12-13-14-15-16-17-18-22(23)27-19-21(26-2)20-28-29(24)30-25/h10-11,21H,3-9,12-20H2,1-2H3/p+1/b11-10-/t21-/m0/s1. The van der Waals surface area contributed by atoms with Gasteiger partial charge in [-0.25, -0.2) is 0 Å². The fraction of sp³-hybridized carbons (Fsp3) is 0.864. The summed E-state index contributed by atoms with van der Waals surface area (Å²) in [5.74, 6) is -0.254. The van der Waals surface area contributed by atoms with Crippen LogP contribution in [-0.4, -0.2) is 36.9 Å². The lowest BCUT2D eigenvalue weighted by Crippen LogP contribution is -2.25. The van der Waals surface area contributed by atoms with Crippen molar-refractivity contribution in [1.29, 1.82) is 0 Å². The summed E-state index contributed by atoms with van der Waals surface area (Å²) >= 11 is 0.149. The molecule has 0 amide bonds. The van der Waals surface area contributed by atoms with E-state index < -0.39 is 13.3 Å². The van der Waals surface area contributed by atoms with E-state index in [1.54, 1.807) is 0 Å². The van der Waals surface area contributed by atoms with E-state index in [0.717, 1.165) is 25.7 Å². The summed E-state index contributed by atoms with van der Waals surface area (Å²) in [6.07, 6.45) is 20.4. The second kappa shape index (κ2) is 23.2. The van der Waals surface area contributed by atoms with Gasteiger partial charge in [-0.05, 0) is 36.7 Å². The first kappa shape index (κ1) is 29.5. The van der Waals surface area contributed by atoms with Crippen LogP contribution in [0, 0.1) is 0 Å². The molecule has 0 saturated heterocycles. The van der Waals surface area contributed by atoms with Crippen molar-refractivity contribution in [2.24, 2.45) is 0 Å². The predicted molar refractivity (Wildman–Crippen MR) is 125 cm³/mol. The molecular formula is C22H42O6PS+. The van der Waals surface area contributed by atoms with Gasteiger partial charge >= 0.3 is 24.9 Å². The quantitative estimate of drug-likeness (QED) is 0.0584. The zero-order chi connectivity index (χ0) is 22.3. The van der Waals surface area contributed by atoms with Gasteiger partial charge in [0.1, 0.15) is 19.3 Å². The van der Waals surface area contributed by atoms with Crippen molar-refractivity contribution < 1.29 is 27.9 Å². The number of methoxy groups -OCH3 is 1. The minimum atomic E-state index is -2.17. The molecule has 176 valence electrons. The van der Waals surface area contributed by atoms with Gasteiger partial charge < -0.3 is 9.47 Å². The highest BCUT2D eigenvalue weighted by atomic mass is 32.7. The van der Waals surface area contributed by atoms with Gasteiger partial charge in [0.15, 0.2) is 0 Å². The lowest BCUT2D eigenvalue weighted by atomic mass is 10.1. The Morgan fingerprint density at radius 1 is 0.933 bits per heavy atom. The minimum absolute atomic E-state index is 0.0000509. The van der Waals surface area contributed by atoms with Crippen LogP contribution in [0.15, 0.2) is 12.2 Å². The van der Waals surface area contributed by atoms with Crippen LogP contribution in [0.1, 0.15) is 96.8 Å². The van der Waals surface area contributed by atoms with Crippen LogP contribution in [0.3, 0.4) is 0 Å². The number of allylic oxidation sites excluding steroid dienone is 2. The number of esters is 1. The zero-order valence-corrected chi connectivity index (χ0v) is 20.6. The highest BCUT2D eigenvalue weighted by Crippen LogP contribution is 2.35. The molecule has 0 rings (SSSR count). The predicted octanol–water partition coefficient (Wildman–Crippen LogP) is 7.46. The Balaban J connectivity index is 3.45.